The zero-order chi connectivity index (χ0) is 14.9. The number of hydrogen-bond acceptors (Lipinski definition) is 4. The molecule has 104 valence electrons. The maximum atomic E-state index is 13.4. The largest absolute Gasteiger partial charge is 0.477 e. The fourth-order valence-electron chi connectivity index (χ4n) is 1.66. The zero-order valence-electron chi connectivity index (χ0n) is 9.75. The number of aliphatic carboxylic acids is 1. The normalized spacial score (nSPS) is 11.3. The number of benzene rings is 1. The molecule has 0 unspecified atom stereocenters. The number of rotatable bonds is 4. The highest BCUT2D eigenvalue weighted by Gasteiger charge is 2.42. The van der Waals surface area contributed by atoms with E-state index in [0.29, 0.717) is 11.6 Å². The number of alkyl halides is 2. The number of carbonyl (C=O) groups is 1. The summed E-state index contributed by atoms with van der Waals surface area (Å²) < 4.78 is 26.8. The molecule has 0 amide bonds. The molecule has 0 saturated heterocycles. The van der Waals surface area contributed by atoms with Crippen molar-refractivity contribution in [2.45, 2.75) is 5.92 Å². The van der Waals surface area contributed by atoms with Gasteiger partial charge in [-0.05, 0) is 28.5 Å². The molecule has 0 bridgehead atoms. The van der Waals surface area contributed by atoms with Gasteiger partial charge in [0.05, 0.1) is 10.5 Å². The van der Waals surface area contributed by atoms with Crippen molar-refractivity contribution < 1.29 is 23.6 Å². The predicted molar refractivity (Wildman–Crippen MR) is 67.9 cm³/mol. The van der Waals surface area contributed by atoms with Crippen LogP contribution >= 0.6 is 11.3 Å². The smallest absolute Gasteiger partial charge is 0.379 e. The van der Waals surface area contributed by atoms with Crippen molar-refractivity contribution in [3.05, 3.63) is 50.7 Å². The minimum Gasteiger partial charge on any atom is -0.477 e. The number of nitrogens with zero attached hydrogens (tertiary/aromatic N) is 1. The molecule has 20 heavy (non-hydrogen) atoms. The Morgan fingerprint density at radius 2 is 2.05 bits per heavy atom. The topological polar surface area (TPSA) is 80.4 Å². The molecule has 8 heteroatoms. The van der Waals surface area contributed by atoms with Crippen LogP contribution in [-0.2, 0) is 10.7 Å². The number of nitro benzene ring substituents is 1. The summed E-state index contributed by atoms with van der Waals surface area (Å²) in [6.07, 6.45) is 0. The molecule has 1 heterocycles. The van der Waals surface area contributed by atoms with Gasteiger partial charge in [-0.1, -0.05) is 6.07 Å². The Balaban J connectivity index is 2.60. The number of carboxylic acid groups (broad SMARTS) is 1. The molecule has 5 nitrogen and oxygen atoms in total. The first-order valence-corrected chi connectivity index (χ1v) is 6.21. The number of thiophene rings is 1. The van der Waals surface area contributed by atoms with Gasteiger partial charge in [-0.15, -0.1) is 0 Å². The van der Waals surface area contributed by atoms with Crippen LogP contribution in [0.5, 0.6) is 0 Å². The Labute approximate surface area is 115 Å². The lowest BCUT2D eigenvalue weighted by Gasteiger charge is -2.12. The first-order valence-electron chi connectivity index (χ1n) is 5.26. The van der Waals surface area contributed by atoms with Crippen molar-refractivity contribution in [1.82, 2.24) is 0 Å². The molecule has 0 saturated carbocycles. The van der Waals surface area contributed by atoms with E-state index in [9.17, 15) is 23.7 Å². The molecule has 0 aliphatic carbocycles. The van der Waals surface area contributed by atoms with Gasteiger partial charge in [-0.3, -0.25) is 10.1 Å². The minimum atomic E-state index is -4.17. The average molecular weight is 299 g/mol. The Morgan fingerprint density at radius 1 is 1.35 bits per heavy atom. The second kappa shape index (κ2) is 4.97. The highest BCUT2D eigenvalue weighted by atomic mass is 32.1. The van der Waals surface area contributed by atoms with E-state index in [1.165, 1.54) is 11.3 Å². The first-order chi connectivity index (χ1) is 9.34. The van der Waals surface area contributed by atoms with Gasteiger partial charge in [-0.25, -0.2) is 4.79 Å². The van der Waals surface area contributed by atoms with Crippen LogP contribution in [0.4, 0.5) is 14.5 Å². The molecule has 0 aliphatic heterocycles. The lowest BCUT2D eigenvalue weighted by molar-refractivity contribution is -0.384. The second-order valence-electron chi connectivity index (χ2n) is 3.88. The number of carboxylic acids is 1. The van der Waals surface area contributed by atoms with Gasteiger partial charge < -0.3 is 5.11 Å². The average Bonchev–Trinajstić information content (AvgIpc) is 2.91. The van der Waals surface area contributed by atoms with E-state index in [-0.39, 0.29) is 5.56 Å². The molecule has 2 rings (SSSR count). The van der Waals surface area contributed by atoms with Gasteiger partial charge in [0.25, 0.3) is 5.69 Å². The predicted octanol–water partition coefficient (Wildman–Crippen LogP) is 3.50. The third-order valence-electron chi connectivity index (χ3n) is 2.66. The van der Waals surface area contributed by atoms with Crippen molar-refractivity contribution in [3.63, 3.8) is 0 Å². The van der Waals surface area contributed by atoms with E-state index in [4.69, 9.17) is 5.11 Å². The summed E-state index contributed by atoms with van der Waals surface area (Å²) in [4.78, 5) is 20.7. The molecule has 0 spiro atoms. The van der Waals surface area contributed by atoms with Crippen molar-refractivity contribution >= 4 is 23.0 Å². The molecule has 1 N–H and O–H groups in total. The van der Waals surface area contributed by atoms with E-state index < -0.39 is 28.1 Å². The monoisotopic (exact) mass is 299 g/mol. The van der Waals surface area contributed by atoms with Crippen LogP contribution in [0.15, 0.2) is 35.0 Å². The quantitative estimate of drug-likeness (QED) is 0.692. The van der Waals surface area contributed by atoms with Crippen molar-refractivity contribution in [3.8, 4) is 11.1 Å². The lowest BCUT2D eigenvalue weighted by Crippen LogP contribution is -2.25. The van der Waals surface area contributed by atoms with Crippen LogP contribution < -0.4 is 0 Å². The van der Waals surface area contributed by atoms with Crippen LogP contribution in [-0.4, -0.2) is 16.0 Å². The third kappa shape index (κ3) is 2.37. The van der Waals surface area contributed by atoms with Crippen LogP contribution in [0, 0.1) is 10.1 Å². The fraction of sp³-hybridized carbons (Fsp3) is 0.0833. The summed E-state index contributed by atoms with van der Waals surface area (Å²) in [5, 5.41) is 22.8. The molecule has 2 aromatic rings. The molecule has 1 aromatic heterocycles. The Morgan fingerprint density at radius 3 is 2.55 bits per heavy atom. The molecule has 0 radical (unpaired) electrons. The van der Waals surface area contributed by atoms with Gasteiger partial charge in [0, 0.05) is 11.6 Å². The number of nitro groups is 1. The molecular formula is C12H7F2NO4S. The summed E-state index contributed by atoms with van der Waals surface area (Å²) in [7, 11) is 0. The van der Waals surface area contributed by atoms with Gasteiger partial charge in [0.1, 0.15) is 0 Å². The Hall–Kier alpha value is -2.35. The minimum absolute atomic E-state index is 0.168. The summed E-state index contributed by atoms with van der Waals surface area (Å²) in [6, 6.07) is 4.23. The highest BCUT2D eigenvalue weighted by molar-refractivity contribution is 7.08. The summed E-state index contributed by atoms with van der Waals surface area (Å²) in [5.74, 6) is -6.52. The van der Waals surface area contributed by atoms with E-state index in [1.807, 2.05) is 0 Å². The SMILES string of the molecule is O=C(O)C(F)(F)c1ccc(-c2ccsc2)c([N+](=O)[O-])c1. The van der Waals surface area contributed by atoms with Gasteiger partial charge in [0.15, 0.2) is 0 Å². The standard InChI is InChI=1S/C12H7F2NO4S/c13-12(14,11(16)17)8-1-2-9(7-3-4-20-6-7)10(5-8)15(18)19/h1-6H,(H,16,17). The first kappa shape index (κ1) is 14.1. The van der Waals surface area contributed by atoms with Gasteiger partial charge in [0.2, 0.25) is 0 Å². The summed E-state index contributed by atoms with van der Waals surface area (Å²) in [5.41, 5.74) is -0.786. The summed E-state index contributed by atoms with van der Waals surface area (Å²) in [6.45, 7) is 0. The van der Waals surface area contributed by atoms with Gasteiger partial charge >= 0.3 is 11.9 Å². The van der Waals surface area contributed by atoms with E-state index in [0.717, 1.165) is 12.1 Å². The van der Waals surface area contributed by atoms with Crippen LogP contribution in [0.25, 0.3) is 11.1 Å². The maximum Gasteiger partial charge on any atom is 0.379 e. The highest BCUT2D eigenvalue weighted by Crippen LogP contribution is 2.36. The second-order valence-corrected chi connectivity index (χ2v) is 4.66. The van der Waals surface area contributed by atoms with Crippen molar-refractivity contribution in [2.24, 2.45) is 0 Å². The molecule has 0 fully saturated rings. The molecule has 0 aliphatic rings. The van der Waals surface area contributed by atoms with Crippen LogP contribution in [0.2, 0.25) is 0 Å². The van der Waals surface area contributed by atoms with E-state index in [2.05, 4.69) is 0 Å². The van der Waals surface area contributed by atoms with E-state index >= 15 is 0 Å². The lowest BCUT2D eigenvalue weighted by atomic mass is 10.0. The maximum absolute atomic E-state index is 13.4. The molecular weight excluding hydrogens is 292 g/mol. The third-order valence-corrected chi connectivity index (χ3v) is 3.34. The van der Waals surface area contributed by atoms with Crippen molar-refractivity contribution in [2.75, 3.05) is 0 Å². The Bertz CT molecular complexity index is 670. The Kier molecular flexibility index (Phi) is 3.49. The molecule has 0 atom stereocenters. The zero-order valence-corrected chi connectivity index (χ0v) is 10.6. The van der Waals surface area contributed by atoms with E-state index in [1.54, 1.807) is 16.8 Å². The van der Waals surface area contributed by atoms with Gasteiger partial charge in [-0.2, -0.15) is 20.1 Å². The number of hydrogen-bond donors (Lipinski definition) is 1. The van der Waals surface area contributed by atoms with Crippen molar-refractivity contribution in [1.29, 1.82) is 0 Å². The molecule has 1 aromatic carbocycles. The number of halogens is 2. The summed E-state index contributed by atoms with van der Waals surface area (Å²) >= 11 is 1.30. The fourth-order valence-corrected chi connectivity index (χ4v) is 2.32. The van der Waals surface area contributed by atoms with Crippen LogP contribution in [0.3, 0.4) is 0 Å². The van der Waals surface area contributed by atoms with Crippen LogP contribution in [0.1, 0.15) is 5.56 Å².